The molecule has 0 saturated carbocycles. The van der Waals surface area contributed by atoms with Gasteiger partial charge in [0, 0.05) is 28.7 Å². The number of nitrogens with zero attached hydrogens (tertiary/aromatic N) is 1. The molecule has 90 valence electrons. The topological polar surface area (TPSA) is 4.93 Å². The predicted molar refractivity (Wildman–Crippen MR) is 77.1 cm³/mol. The van der Waals surface area contributed by atoms with E-state index in [1.54, 1.807) is 0 Å². The Hall–Kier alpha value is -1.73. The number of hydrogen-bond donors (Lipinski definition) is 0. The minimum Gasteiger partial charge on any atom is -0.347 e. The number of fused-ring (bicyclic) bond motifs is 1. The van der Waals surface area contributed by atoms with Crippen molar-refractivity contribution in [1.82, 2.24) is 4.57 Å². The molecule has 3 rings (SSSR count). The van der Waals surface area contributed by atoms with Gasteiger partial charge in [0.25, 0.3) is 0 Å². The van der Waals surface area contributed by atoms with E-state index in [9.17, 15) is 0 Å². The Morgan fingerprint density at radius 3 is 2.61 bits per heavy atom. The number of halogens is 1. The van der Waals surface area contributed by atoms with Crippen LogP contribution in [0.15, 0.2) is 60.8 Å². The fourth-order valence-corrected chi connectivity index (χ4v) is 2.44. The third-order valence-electron chi connectivity index (χ3n) is 3.22. The van der Waals surface area contributed by atoms with Gasteiger partial charge in [0.05, 0.1) is 0 Å². The fraction of sp³-hybridized carbons (Fsp3) is 0.125. The Kier molecular flexibility index (Phi) is 3.07. The molecule has 0 aliphatic rings. The molecule has 2 heteroatoms. The minimum atomic E-state index is 0.795. The van der Waals surface area contributed by atoms with Crippen LogP contribution in [-0.4, -0.2) is 4.57 Å². The van der Waals surface area contributed by atoms with E-state index in [4.69, 9.17) is 11.6 Å². The van der Waals surface area contributed by atoms with E-state index in [0.717, 1.165) is 18.0 Å². The Balaban J connectivity index is 1.83. The van der Waals surface area contributed by atoms with Gasteiger partial charge in [-0.05, 0) is 36.2 Å². The molecule has 0 fully saturated rings. The minimum absolute atomic E-state index is 0.795. The van der Waals surface area contributed by atoms with Crippen molar-refractivity contribution in [1.29, 1.82) is 0 Å². The number of aromatic nitrogens is 1. The first-order valence-corrected chi connectivity index (χ1v) is 6.49. The lowest BCUT2D eigenvalue weighted by molar-refractivity contribution is 0.723. The van der Waals surface area contributed by atoms with Crippen LogP contribution in [0.2, 0.25) is 5.02 Å². The van der Waals surface area contributed by atoms with Crippen LogP contribution in [0, 0.1) is 0 Å². The molecule has 1 aromatic heterocycles. The fourth-order valence-electron chi connectivity index (χ4n) is 2.26. The second kappa shape index (κ2) is 4.87. The number of hydrogen-bond acceptors (Lipinski definition) is 0. The summed E-state index contributed by atoms with van der Waals surface area (Å²) < 4.78 is 2.28. The Bertz CT molecular complexity index is 655. The summed E-state index contributed by atoms with van der Waals surface area (Å²) in [5.41, 5.74) is 2.61. The van der Waals surface area contributed by atoms with E-state index >= 15 is 0 Å². The van der Waals surface area contributed by atoms with Crippen molar-refractivity contribution in [3.8, 4) is 0 Å². The maximum absolute atomic E-state index is 5.99. The molecule has 0 N–H and O–H groups in total. The van der Waals surface area contributed by atoms with Crippen molar-refractivity contribution >= 4 is 22.5 Å². The van der Waals surface area contributed by atoms with E-state index in [0.29, 0.717) is 0 Å². The van der Waals surface area contributed by atoms with Crippen LogP contribution in [-0.2, 0) is 13.0 Å². The lowest BCUT2D eigenvalue weighted by Crippen LogP contribution is -1.99. The highest BCUT2D eigenvalue weighted by Crippen LogP contribution is 2.20. The molecule has 0 unspecified atom stereocenters. The Morgan fingerprint density at radius 1 is 0.944 bits per heavy atom. The lowest BCUT2D eigenvalue weighted by atomic mass is 10.1. The number of rotatable bonds is 3. The summed E-state index contributed by atoms with van der Waals surface area (Å²) >= 11 is 5.99. The van der Waals surface area contributed by atoms with Crippen LogP contribution in [0.3, 0.4) is 0 Å². The summed E-state index contributed by atoms with van der Waals surface area (Å²) in [6.45, 7) is 0.995. The zero-order chi connectivity index (χ0) is 12.4. The Labute approximate surface area is 112 Å². The van der Waals surface area contributed by atoms with Crippen LogP contribution in [0.4, 0.5) is 0 Å². The zero-order valence-corrected chi connectivity index (χ0v) is 10.8. The first-order valence-electron chi connectivity index (χ1n) is 6.11. The van der Waals surface area contributed by atoms with Crippen LogP contribution >= 0.6 is 11.6 Å². The van der Waals surface area contributed by atoms with E-state index in [1.165, 1.54) is 16.5 Å². The smallest absolute Gasteiger partial charge is 0.0481 e. The van der Waals surface area contributed by atoms with Gasteiger partial charge in [0.1, 0.15) is 0 Å². The Morgan fingerprint density at radius 2 is 1.78 bits per heavy atom. The molecule has 3 aromatic rings. The van der Waals surface area contributed by atoms with Crippen molar-refractivity contribution in [2.24, 2.45) is 0 Å². The van der Waals surface area contributed by atoms with Gasteiger partial charge >= 0.3 is 0 Å². The number of benzene rings is 2. The molecule has 0 aliphatic carbocycles. The molecule has 0 atom stereocenters. The summed E-state index contributed by atoms with van der Waals surface area (Å²) in [5, 5.41) is 2.00. The van der Waals surface area contributed by atoms with Crippen LogP contribution < -0.4 is 0 Å². The lowest BCUT2D eigenvalue weighted by Gasteiger charge is -2.05. The molecule has 2 aromatic carbocycles. The molecule has 0 amide bonds. The summed E-state index contributed by atoms with van der Waals surface area (Å²) in [5.74, 6) is 0. The van der Waals surface area contributed by atoms with Gasteiger partial charge in [0.2, 0.25) is 0 Å². The van der Waals surface area contributed by atoms with E-state index in [-0.39, 0.29) is 0 Å². The average Bonchev–Trinajstić information content (AvgIpc) is 2.80. The largest absolute Gasteiger partial charge is 0.347 e. The van der Waals surface area contributed by atoms with Crippen molar-refractivity contribution in [3.63, 3.8) is 0 Å². The van der Waals surface area contributed by atoms with E-state index in [2.05, 4.69) is 53.2 Å². The van der Waals surface area contributed by atoms with Crippen LogP contribution in [0.1, 0.15) is 5.56 Å². The van der Waals surface area contributed by atoms with Crippen molar-refractivity contribution in [2.45, 2.75) is 13.0 Å². The monoisotopic (exact) mass is 255 g/mol. The van der Waals surface area contributed by atoms with Gasteiger partial charge in [-0.3, -0.25) is 0 Å². The van der Waals surface area contributed by atoms with E-state index in [1.807, 2.05) is 12.1 Å². The molecule has 0 saturated heterocycles. The second-order valence-electron chi connectivity index (χ2n) is 4.45. The summed E-state index contributed by atoms with van der Waals surface area (Å²) in [6.07, 6.45) is 3.18. The quantitative estimate of drug-likeness (QED) is 0.648. The van der Waals surface area contributed by atoms with Gasteiger partial charge in [-0.2, -0.15) is 0 Å². The maximum atomic E-state index is 5.99. The average molecular weight is 256 g/mol. The summed E-state index contributed by atoms with van der Waals surface area (Å²) in [6, 6.07) is 18.7. The van der Waals surface area contributed by atoms with Crippen molar-refractivity contribution < 1.29 is 0 Å². The first-order chi connectivity index (χ1) is 8.83. The summed E-state index contributed by atoms with van der Waals surface area (Å²) in [7, 11) is 0. The summed E-state index contributed by atoms with van der Waals surface area (Å²) in [4.78, 5) is 0. The molecule has 0 aliphatic heterocycles. The highest BCUT2D eigenvalue weighted by molar-refractivity contribution is 6.31. The van der Waals surface area contributed by atoms with E-state index < -0.39 is 0 Å². The SMILES string of the molecule is Clc1ccc2c(ccn2CCc2ccccc2)c1. The molecular weight excluding hydrogens is 242 g/mol. The van der Waals surface area contributed by atoms with Crippen LogP contribution in [0.25, 0.3) is 10.9 Å². The molecular formula is C16H14ClN. The molecule has 0 bridgehead atoms. The van der Waals surface area contributed by atoms with Gasteiger partial charge < -0.3 is 4.57 Å². The van der Waals surface area contributed by atoms with Crippen molar-refractivity contribution in [3.05, 3.63) is 71.4 Å². The second-order valence-corrected chi connectivity index (χ2v) is 4.88. The maximum Gasteiger partial charge on any atom is 0.0481 e. The molecule has 0 radical (unpaired) electrons. The normalized spacial score (nSPS) is 10.9. The molecule has 0 spiro atoms. The highest BCUT2D eigenvalue weighted by Gasteiger charge is 2.01. The standard InChI is InChI=1S/C16H14ClN/c17-15-6-7-16-14(12-15)9-11-18(16)10-8-13-4-2-1-3-5-13/h1-7,9,11-12H,8,10H2. The third-order valence-corrected chi connectivity index (χ3v) is 3.45. The predicted octanol–water partition coefficient (Wildman–Crippen LogP) is 4.54. The van der Waals surface area contributed by atoms with Gasteiger partial charge in [-0.1, -0.05) is 41.9 Å². The molecule has 1 nitrogen and oxygen atoms in total. The van der Waals surface area contributed by atoms with Gasteiger partial charge in [-0.15, -0.1) is 0 Å². The van der Waals surface area contributed by atoms with Gasteiger partial charge in [0.15, 0.2) is 0 Å². The van der Waals surface area contributed by atoms with Crippen LogP contribution in [0.5, 0.6) is 0 Å². The van der Waals surface area contributed by atoms with Crippen molar-refractivity contribution in [2.75, 3.05) is 0 Å². The number of aryl methyl sites for hydroxylation is 2. The first kappa shape index (κ1) is 11.4. The molecule has 1 heterocycles. The zero-order valence-electron chi connectivity index (χ0n) is 10.0. The van der Waals surface area contributed by atoms with Gasteiger partial charge in [-0.25, -0.2) is 0 Å². The third kappa shape index (κ3) is 2.27. The highest BCUT2D eigenvalue weighted by atomic mass is 35.5. The molecule has 18 heavy (non-hydrogen) atoms.